The van der Waals surface area contributed by atoms with Gasteiger partial charge < -0.3 is 15.0 Å². The van der Waals surface area contributed by atoms with Crippen LogP contribution in [0, 0.1) is 0 Å². The summed E-state index contributed by atoms with van der Waals surface area (Å²) in [4.78, 5) is 29.4. The Morgan fingerprint density at radius 2 is 1.45 bits per heavy atom. The van der Waals surface area contributed by atoms with Gasteiger partial charge in [0.1, 0.15) is 18.3 Å². The first kappa shape index (κ1) is 32.6. The quantitative estimate of drug-likeness (QED) is 0.192. The van der Waals surface area contributed by atoms with E-state index >= 15 is 0 Å². The summed E-state index contributed by atoms with van der Waals surface area (Å²) < 4.78 is 34.7. The first-order valence-electron chi connectivity index (χ1n) is 14.4. The summed E-state index contributed by atoms with van der Waals surface area (Å²) in [6.45, 7) is 3.91. The zero-order chi connectivity index (χ0) is 31.5. The standard InChI is InChI=1S/C34H36ClN3O5S/c1-3-36-34(40)32(23-26-13-7-5-8-14-26)37(24-27-15-11-12-18-31(27)35)33(39)25-38(28-19-21-29(22-20-28)43-4-2)44(41,42)30-16-9-6-10-17-30/h5-22,32H,3-4,23-25H2,1-2H3,(H,36,40). The predicted molar refractivity (Wildman–Crippen MR) is 173 cm³/mol. The molecule has 0 aromatic heterocycles. The van der Waals surface area contributed by atoms with Crippen molar-refractivity contribution in [3.63, 3.8) is 0 Å². The topological polar surface area (TPSA) is 96.0 Å². The molecule has 1 unspecified atom stereocenters. The van der Waals surface area contributed by atoms with Crippen molar-refractivity contribution in [2.24, 2.45) is 0 Å². The lowest BCUT2D eigenvalue weighted by Crippen LogP contribution is -2.53. The van der Waals surface area contributed by atoms with Gasteiger partial charge in [-0.1, -0.05) is 78.3 Å². The van der Waals surface area contributed by atoms with Crippen LogP contribution in [0.3, 0.4) is 0 Å². The number of anilines is 1. The zero-order valence-corrected chi connectivity index (χ0v) is 26.3. The second kappa shape index (κ2) is 15.4. The molecule has 0 saturated heterocycles. The van der Waals surface area contributed by atoms with E-state index < -0.39 is 28.5 Å². The molecular formula is C34H36ClN3O5S. The highest BCUT2D eigenvalue weighted by Crippen LogP contribution is 2.27. The maximum Gasteiger partial charge on any atom is 0.264 e. The molecule has 4 aromatic rings. The lowest BCUT2D eigenvalue weighted by molar-refractivity contribution is -0.140. The number of nitrogens with zero attached hydrogens (tertiary/aromatic N) is 2. The molecule has 4 aromatic carbocycles. The van der Waals surface area contributed by atoms with E-state index in [9.17, 15) is 18.0 Å². The minimum atomic E-state index is -4.19. The second-order valence-corrected chi connectivity index (χ2v) is 12.2. The molecule has 1 atom stereocenters. The van der Waals surface area contributed by atoms with Crippen molar-refractivity contribution in [1.82, 2.24) is 10.2 Å². The first-order valence-corrected chi connectivity index (χ1v) is 16.2. The highest BCUT2D eigenvalue weighted by molar-refractivity contribution is 7.92. The molecule has 2 amide bonds. The molecule has 8 nitrogen and oxygen atoms in total. The first-order chi connectivity index (χ1) is 21.2. The smallest absolute Gasteiger partial charge is 0.264 e. The molecule has 0 spiro atoms. The van der Waals surface area contributed by atoms with Crippen molar-refractivity contribution in [1.29, 1.82) is 0 Å². The maximum absolute atomic E-state index is 14.4. The summed E-state index contributed by atoms with van der Waals surface area (Å²) in [6.07, 6.45) is 0.220. The molecule has 4 rings (SSSR count). The fourth-order valence-corrected chi connectivity index (χ4v) is 6.41. The minimum Gasteiger partial charge on any atom is -0.494 e. The van der Waals surface area contributed by atoms with Crippen molar-refractivity contribution < 1.29 is 22.7 Å². The molecular weight excluding hydrogens is 598 g/mol. The SMILES string of the molecule is CCNC(=O)C(Cc1ccccc1)N(Cc1ccccc1Cl)C(=O)CN(c1ccc(OCC)cc1)S(=O)(=O)c1ccccc1. The fraction of sp³-hybridized carbons (Fsp3) is 0.235. The van der Waals surface area contributed by atoms with Crippen molar-refractivity contribution >= 4 is 39.1 Å². The van der Waals surface area contributed by atoms with Gasteiger partial charge in [0.25, 0.3) is 10.0 Å². The minimum absolute atomic E-state index is 0.00432. The molecule has 0 heterocycles. The molecule has 0 fully saturated rings. The molecule has 230 valence electrons. The number of carbonyl (C=O) groups is 2. The Bertz CT molecular complexity index is 1630. The van der Waals surface area contributed by atoms with E-state index in [0.717, 1.165) is 9.87 Å². The van der Waals surface area contributed by atoms with Crippen molar-refractivity contribution in [2.75, 3.05) is 24.0 Å². The van der Waals surface area contributed by atoms with Crippen LogP contribution >= 0.6 is 11.6 Å². The van der Waals surface area contributed by atoms with E-state index in [-0.39, 0.29) is 29.5 Å². The van der Waals surface area contributed by atoms with Gasteiger partial charge in [-0.2, -0.15) is 0 Å². The van der Waals surface area contributed by atoms with E-state index in [1.54, 1.807) is 73.7 Å². The van der Waals surface area contributed by atoms with Gasteiger partial charge in [-0.25, -0.2) is 8.42 Å². The molecule has 0 saturated carbocycles. The third kappa shape index (κ3) is 8.18. The predicted octanol–water partition coefficient (Wildman–Crippen LogP) is 5.71. The number of ether oxygens (including phenoxy) is 1. The van der Waals surface area contributed by atoms with Gasteiger partial charge in [0.05, 0.1) is 17.2 Å². The third-order valence-corrected chi connectivity index (χ3v) is 9.12. The zero-order valence-electron chi connectivity index (χ0n) is 24.7. The molecule has 0 bridgehead atoms. The normalized spacial score (nSPS) is 11.8. The van der Waals surface area contributed by atoms with Crippen LogP contribution in [-0.2, 0) is 32.6 Å². The Hall–Kier alpha value is -4.34. The number of hydrogen-bond donors (Lipinski definition) is 1. The Morgan fingerprint density at radius 1 is 0.841 bits per heavy atom. The fourth-order valence-electron chi connectivity index (χ4n) is 4.78. The lowest BCUT2D eigenvalue weighted by Gasteiger charge is -2.34. The summed E-state index contributed by atoms with van der Waals surface area (Å²) >= 11 is 6.52. The highest BCUT2D eigenvalue weighted by Gasteiger charge is 2.34. The van der Waals surface area contributed by atoms with Gasteiger partial charge in [0.2, 0.25) is 11.8 Å². The van der Waals surface area contributed by atoms with E-state index in [0.29, 0.717) is 29.5 Å². The monoisotopic (exact) mass is 633 g/mol. The van der Waals surface area contributed by atoms with E-state index in [1.165, 1.54) is 17.0 Å². The van der Waals surface area contributed by atoms with Crippen LogP contribution in [-0.4, -0.2) is 50.9 Å². The van der Waals surface area contributed by atoms with Crippen LogP contribution in [0.4, 0.5) is 5.69 Å². The summed E-state index contributed by atoms with van der Waals surface area (Å²) in [6, 6.07) is 30.0. The number of hydrogen-bond acceptors (Lipinski definition) is 5. The summed E-state index contributed by atoms with van der Waals surface area (Å²) in [5, 5.41) is 3.28. The van der Waals surface area contributed by atoms with Crippen LogP contribution in [0.15, 0.2) is 114 Å². The molecule has 0 radical (unpaired) electrons. The maximum atomic E-state index is 14.4. The average Bonchev–Trinajstić information content (AvgIpc) is 3.04. The Balaban J connectivity index is 1.79. The van der Waals surface area contributed by atoms with Gasteiger partial charge in [-0.05, 0) is 67.4 Å². The Morgan fingerprint density at radius 3 is 2.07 bits per heavy atom. The summed E-state index contributed by atoms with van der Waals surface area (Å²) in [5.41, 5.74) is 1.75. The molecule has 0 aliphatic heterocycles. The molecule has 0 aliphatic rings. The number of benzene rings is 4. The third-order valence-electron chi connectivity index (χ3n) is 6.97. The number of likely N-dealkylation sites (N-methyl/N-ethyl adjacent to an activating group) is 1. The number of halogens is 1. The van der Waals surface area contributed by atoms with Gasteiger partial charge >= 0.3 is 0 Å². The number of amides is 2. The number of carbonyl (C=O) groups excluding carboxylic acids is 2. The molecule has 0 aliphatic carbocycles. The highest BCUT2D eigenvalue weighted by atomic mass is 35.5. The molecule has 10 heteroatoms. The lowest BCUT2D eigenvalue weighted by atomic mass is 10.0. The van der Waals surface area contributed by atoms with Crippen molar-refractivity contribution in [2.45, 2.75) is 37.8 Å². The van der Waals surface area contributed by atoms with Gasteiger partial charge in [0.15, 0.2) is 0 Å². The van der Waals surface area contributed by atoms with Crippen LogP contribution < -0.4 is 14.4 Å². The Kier molecular flexibility index (Phi) is 11.4. The largest absolute Gasteiger partial charge is 0.494 e. The van der Waals surface area contributed by atoms with Gasteiger partial charge in [0, 0.05) is 24.5 Å². The van der Waals surface area contributed by atoms with Crippen LogP contribution in [0.2, 0.25) is 5.02 Å². The van der Waals surface area contributed by atoms with Crippen molar-refractivity contribution in [3.05, 3.63) is 125 Å². The number of nitrogens with one attached hydrogen (secondary N) is 1. The van der Waals surface area contributed by atoms with E-state index in [4.69, 9.17) is 16.3 Å². The summed E-state index contributed by atoms with van der Waals surface area (Å²) in [7, 11) is -4.19. The van der Waals surface area contributed by atoms with E-state index in [2.05, 4.69) is 5.32 Å². The van der Waals surface area contributed by atoms with Crippen molar-refractivity contribution in [3.8, 4) is 5.75 Å². The van der Waals surface area contributed by atoms with E-state index in [1.807, 2.05) is 37.3 Å². The Labute approximate surface area is 264 Å². The van der Waals surface area contributed by atoms with Crippen LogP contribution in [0.1, 0.15) is 25.0 Å². The molecule has 1 N–H and O–H groups in total. The van der Waals surface area contributed by atoms with Gasteiger partial charge in [-0.15, -0.1) is 0 Å². The number of sulfonamides is 1. The van der Waals surface area contributed by atoms with Crippen LogP contribution in [0.5, 0.6) is 5.75 Å². The number of rotatable bonds is 14. The molecule has 44 heavy (non-hydrogen) atoms. The second-order valence-electron chi connectivity index (χ2n) is 9.96. The van der Waals surface area contributed by atoms with Gasteiger partial charge in [-0.3, -0.25) is 13.9 Å². The van der Waals surface area contributed by atoms with Crippen LogP contribution in [0.25, 0.3) is 0 Å². The average molecular weight is 634 g/mol. The summed E-state index contributed by atoms with van der Waals surface area (Å²) in [5.74, 6) is -0.347.